The van der Waals surface area contributed by atoms with Crippen LogP contribution in [-0.2, 0) is 10.0 Å². The van der Waals surface area contributed by atoms with E-state index in [2.05, 4.69) is 23.2 Å². The molecule has 0 fully saturated rings. The summed E-state index contributed by atoms with van der Waals surface area (Å²) in [5.74, 6) is 0. The van der Waals surface area contributed by atoms with E-state index in [1.54, 1.807) is 19.1 Å². The molecule has 1 aromatic heterocycles. The summed E-state index contributed by atoms with van der Waals surface area (Å²) in [6, 6.07) is -0.497. The van der Waals surface area contributed by atoms with Crippen molar-refractivity contribution in [3.05, 3.63) is 31.6 Å². The van der Waals surface area contributed by atoms with Crippen molar-refractivity contribution >= 4 is 16.1 Å². The average Bonchev–Trinajstić information content (AvgIpc) is 2.95. The van der Waals surface area contributed by atoms with Gasteiger partial charge in [0.2, 0.25) is 0 Å². The molecule has 1 rings (SSSR count). The second-order valence-electron chi connectivity index (χ2n) is 4.16. The van der Waals surface area contributed by atoms with Gasteiger partial charge in [0.25, 0.3) is 15.2 Å². The Hall–Kier alpha value is -2.00. The molecule has 8 nitrogen and oxygen atoms in total. The molecule has 116 valence electrons. The summed E-state index contributed by atoms with van der Waals surface area (Å²) >= 11 is 0. The van der Waals surface area contributed by atoms with Gasteiger partial charge in [-0.2, -0.15) is 8.99 Å². The third-order valence-corrected chi connectivity index (χ3v) is 4.45. The Labute approximate surface area is 124 Å². The van der Waals surface area contributed by atoms with Crippen LogP contribution in [0.4, 0.5) is 4.79 Å². The smallest absolute Gasteiger partial charge is 0.315 e. The molecule has 0 N–H and O–H groups in total. The fourth-order valence-electron chi connectivity index (χ4n) is 1.45. The Morgan fingerprint density at radius 3 is 2.43 bits per heavy atom. The largest absolute Gasteiger partial charge is 0.346 e. The van der Waals surface area contributed by atoms with E-state index in [0.717, 1.165) is 15.3 Å². The first-order valence-corrected chi connectivity index (χ1v) is 7.71. The van der Waals surface area contributed by atoms with Crippen molar-refractivity contribution in [1.29, 1.82) is 0 Å². The van der Waals surface area contributed by atoms with Crippen LogP contribution in [0.3, 0.4) is 0 Å². The van der Waals surface area contributed by atoms with E-state index in [1.807, 2.05) is 0 Å². The van der Waals surface area contributed by atoms with Crippen LogP contribution in [-0.4, -0.2) is 65.1 Å². The van der Waals surface area contributed by atoms with E-state index in [9.17, 15) is 13.2 Å². The number of nitrogens with zero attached hydrogens (tertiary/aromatic N) is 5. The van der Waals surface area contributed by atoms with Gasteiger partial charge in [0.15, 0.2) is 0 Å². The van der Waals surface area contributed by atoms with E-state index < -0.39 is 21.2 Å². The molecule has 0 atom stereocenters. The van der Waals surface area contributed by atoms with Gasteiger partial charge in [0, 0.05) is 26.7 Å². The number of sulfonamides is 1. The topological polar surface area (TPSA) is 88.4 Å². The van der Waals surface area contributed by atoms with Crippen LogP contribution in [0.25, 0.3) is 0 Å². The summed E-state index contributed by atoms with van der Waals surface area (Å²) in [5.41, 5.74) is 0. The molecule has 9 heteroatoms. The molecule has 0 saturated carbocycles. The van der Waals surface area contributed by atoms with Gasteiger partial charge in [-0.25, -0.2) is 18.2 Å². The summed E-state index contributed by atoms with van der Waals surface area (Å²) in [7, 11) is -2.36. The van der Waals surface area contributed by atoms with Crippen LogP contribution in [0.15, 0.2) is 36.8 Å². The molecule has 1 aromatic rings. The highest BCUT2D eigenvalue weighted by Gasteiger charge is 2.26. The van der Waals surface area contributed by atoms with Crippen LogP contribution in [0.1, 0.15) is 6.92 Å². The predicted molar refractivity (Wildman–Crippen MR) is 78.3 cm³/mol. The first-order chi connectivity index (χ1) is 9.88. The first-order valence-electron chi connectivity index (χ1n) is 6.27. The van der Waals surface area contributed by atoms with Crippen molar-refractivity contribution < 1.29 is 13.2 Å². The monoisotopic (exact) mass is 313 g/mol. The van der Waals surface area contributed by atoms with Crippen molar-refractivity contribution in [1.82, 2.24) is 24.0 Å². The van der Waals surface area contributed by atoms with Gasteiger partial charge in [0.05, 0.1) is 0 Å². The van der Waals surface area contributed by atoms with E-state index in [1.165, 1.54) is 11.9 Å². The number of aromatic nitrogens is 3. The highest BCUT2D eigenvalue weighted by Crippen LogP contribution is 2.08. The molecular weight excluding hydrogens is 294 g/mol. The molecule has 0 aliphatic heterocycles. The minimum absolute atomic E-state index is 0.282. The molecule has 1 amide bonds. The second kappa shape index (κ2) is 7.14. The molecule has 0 saturated heterocycles. The molecule has 0 spiro atoms. The van der Waals surface area contributed by atoms with E-state index >= 15 is 0 Å². The number of rotatable bonds is 7. The molecule has 0 aromatic carbocycles. The van der Waals surface area contributed by atoms with Gasteiger partial charge in [0.1, 0.15) is 6.33 Å². The highest BCUT2D eigenvalue weighted by molar-refractivity contribution is 7.88. The Kier molecular flexibility index (Phi) is 5.79. The van der Waals surface area contributed by atoms with Gasteiger partial charge in [-0.1, -0.05) is 19.1 Å². The zero-order chi connectivity index (χ0) is 16.0. The zero-order valence-corrected chi connectivity index (χ0v) is 13.0. The summed E-state index contributed by atoms with van der Waals surface area (Å²) in [6.07, 6.45) is 4.19. The van der Waals surface area contributed by atoms with Gasteiger partial charge in [-0.05, 0) is 0 Å². The maximum atomic E-state index is 12.2. The van der Waals surface area contributed by atoms with E-state index in [-0.39, 0.29) is 6.54 Å². The summed E-state index contributed by atoms with van der Waals surface area (Å²) in [6.45, 7) is 9.68. The fraction of sp³-hybridized carbons (Fsp3) is 0.417. The Balaban J connectivity index is 3.05. The van der Waals surface area contributed by atoms with Gasteiger partial charge in [-0.15, -0.1) is 18.3 Å². The molecule has 0 aliphatic carbocycles. The second-order valence-corrected chi connectivity index (χ2v) is 6.09. The summed E-state index contributed by atoms with van der Waals surface area (Å²) < 4.78 is 26.1. The quantitative estimate of drug-likeness (QED) is 0.686. The first kappa shape index (κ1) is 17.1. The number of amides is 1. The number of hydrogen-bond acceptors (Lipinski definition) is 5. The Morgan fingerprint density at radius 1 is 1.38 bits per heavy atom. The molecule has 0 bridgehead atoms. The SMILES string of the molecule is C=CCN(CC=C)C(=O)n1cnc(S(=O)(=O)N(C)CC)n1. The summed E-state index contributed by atoms with van der Waals surface area (Å²) in [5, 5.41) is 3.35. The maximum absolute atomic E-state index is 12.2. The van der Waals surface area contributed by atoms with E-state index in [4.69, 9.17) is 0 Å². The van der Waals surface area contributed by atoms with Crippen LogP contribution < -0.4 is 0 Å². The van der Waals surface area contributed by atoms with Crippen molar-refractivity contribution in [3.8, 4) is 0 Å². The lowest BCUT2D eigenvalue weighted by Gasteiger charge is -2.18. The van der Waals surface area contributed by atoms with Crippen LogP contribution in [0.2, 0.25) is 0 Å². The van der Waals surface area contributed by atoms with E-state index in [0.29, 0.717) is 13.1 Å². The Bertz CT molecular complexity index is 613. The van der Waals surface area contributed by atoms with Crippen LogP contribution in [0.5, 0.6) is 0 Å². The third-order valence-electron chi connectivity index (χ3n) is 2.72. The lowest BCUT2D eigenvalue weighted by atomic mass is 10.5. The predicted octanol–water partition coefficient (Wildman–Crippen LogP) is 0.561. The molecule has 1 heterocycles. The highest BCUT2D eigenvalue weighted by atomic mass is 32.2. The van der Waals surface area contributed by atoms with Crippen molar-refractivity contribution in [2.24, 2.45) is 0 Å². The lowest BCUT2D eigenvalue weighted by molar-refractivity contribution is 0.206. The number of hydrogen-bond donors (Lipinski definition) is 0. The molecule has 0 aliphatic rings. The maximum Gasteiger partial charge on any atom is 0.346 e. The Morgan fingerprint density at radius 2 is 1.95 bits per heavy atom. The van der Waals surface area contributed by atoms with Crippen molar-refractivity contribution in [2.45, 2.75) is 12.1 Å². The van der Waals surface area contributed by atoms with Crippen LogP contribution >= 0.6 is 0 Å². The van der Waals surface area contributed by atoms with Crippen LogP contribution in [0, 0.1) is 0 Å². The standard InChI is InChI=1S/C12H19N5O3S/c1-5-8-16(9-6-2)12(18)17-10-13-11(14-17)21(19,20)15(4)7-3/h5-6,10H,1-2,7-9H2,3-4H3. The molecular formula is C12H19N5O3S. The molecule has 21 heavy (non-hydrogen) atoms. The molecule has 0 radical (unpaired) electrons. The van der Waals surface area contributed by atoms with Gasteiger partial charge >= 0.3 is 6.03 Å². The lowest BCUT2D eigenvalue weighted by Crippen LogP contribution is -2.35. The number of carbonyl (C=O) groups is 1. The normalized spacial score (nSPS) is 11.4. The number of carbonyl (C=O) groups excluding carboxylic acids is 1. The zero-order valence-electron chi connectivity index (χ0n) is 12.1. The minimum Gasteiger partial charge on any atom is -0.315 e. The minimum atomic E-state index is -3.77. The average molecular weight is 313 g/mol. The molecule has 0 unspecified atom stereocenters. The van der Waals surface area contributed by atoms with Gasteiger partial charge < -0.3 is 4.90 Å². The fourth-order valence-corrected chi connectivity index (χ4v) is 2.45. The van der Waals surface area contributed by atoms with Gasteiger partial charge in [-0.3, -0.25) is 0 Å². The summed E-state index contributed by atoms with van der Waals surface area (Å²) in [4.78, 5) is 17.3. The third kappa shape index (κ3) is 3.76. The van der Waals surface area contributed by atoms with Crippen molar-refractivity contribution in [3.63, 3.8) is 0 Å². The van der Waals surface area contributed by atoms with Crippen molar-refractivity contribution in [2.75, 3.05) is 26.7 Å².